The van der Waals surface area contributed by atoms with Gasteiger partial charge in [-0.2, -0.15) is 21.0 Å². The van der Waals surface area contributed by atoms with Gasteiger partial charge in [0.2, 0.25) is 11.8 Å². The molecule has 4 amide bonds. The fourth-order valence-corrected chi connectivity index (χ4v) is 5.06. The van der Waals surface area contributed by atoms with Gasteiger partial charge in [0.05, 0.1) is 24.3 Å². The number of fused-ring (bicyclic) bond motifs is 2. The number of nitrogens with zero attached hydrogens (tertiary/aromatic N) is 6. The van der Waals surface area contributed by atoms with Crippen molar-refractivity contribution in [3.8, 4) is 24.3 Å². The van der Waals surface area contributed by atoms with Crippen molar-refractivity contribution < 1.29 is 14.4 Å². The first-order valence-electron chi connectivity index (χ1n) is 9.53. The summed E-state index contributed by atoms with van der Waals surface area (Å²) in [4.78, 5) is 40.0. The van der Waals surface area contributed by atoms with E-state index in [0.717, 1.165) is 20.9 Å². The van der Waals surface area contributed by atoms with Gasteiger partial charge in [-0.3, -0.25) is 19.4 Å². The number of amides is 4. The number of barbiturate groups is 1. The minimum absolute atomic E-state index is 0.100. The van der Waals surface area contributed by atoms with E-state index in [9.17, 15) is 35.4 Å². The number of imide groups is 2. The lowest BCUT2D eigenvalue weighted by atomic mass is 9.57. The maximum absolute atomic E-state index is 13.0. The average molecular weight is 412 g/mol. The Morgan fingerprint density at radius 3 is 1.32 bits per heavy atom. The number of carbonyl (C=O) groups excluding carboxylic acids is 3. The number of carbonyl (C=O) groups is 3. The molecule has 1 spiro atoms. The second-order valence-electron chi connectivity index (χ2n) is 8.45. The van der Waals surface area contributed by atoms with E-state index in [1.54, 1.807) is 12.1 Å². The SMILES string of the molecule is CN1C(=O)N(C)C(=O)C2(Cc3cc4c(cc3C2)CC(C#N)(C#N)C(C#N)(C#N)C4)C1=O. The molecule has 2 aliphatic carbocycles. The molecule has 0 bridgehead atoms. The van der Waals surface area contributed by atoms with Crippen LogP contribution in [-0.2, 0) is 35.3 Å². The van der Waals surface area contributed by atoms with Crippen LogP contribution in [0.2, 0.25) is 0 Å². The zero-order valence-corrected chi connectivity index (χ0v) is 16.9. The van der Waals surface area contributed by atoms with E-state index < -0.39 is 34.1 Å². The Kier molecular flexibility index (Phi) is 3.98. The zero-order chi connectivity index (χ0) is 22.8. The number of hydrogen-bond acceptors (Lipinski definition) is 7. The summed E-state index contributed by atoms with van der Waals surface area (Å²) in [7, 11) is 2.68. The third-order valence-electron chi connectivity index (χ3n) is 6.91. The Labute approximate surface area is 178 Å². The standard InChI is InChI=1S/C22H16N6O3/c1-27-17(29)22(18(30)28(2)19(27)31)7-15-3-13-5-20(9-23,10-24)21(11-25,12-26)6-14(13)4-16(15)8-22/h3-4H,5-8H2,1-2H3. The van der Waals surface area contributed by atoms with Crippen molar-refractivity contribution in [2.75, 3.05) is 14.1 Å². The smallest absolute Gasteiger partial charge is 0.273 e. The van der Waals surface area contributed by atoms with Crippen LogP contribution < -0.4 is 0 Å². The molecule has 0 N–H and O–H groups in total. The normalized spacial score (nSPS) is 22.1. The molecule has 1 aromatic carbocycles. The highest BCUT2D eigenvalue weighted by atomic mass is 16.2. The van der Waals surface area contributed by atoms with Crippen molar-refractivity contribution in [3.63, 3.8) is 0 Å². The molecule has 9 nitrogen and oxygen atoms in total. The first-order chi connectivity index (χ1) is 14.6. The third kappa shape index (κ3) is 2.24. The second-order valence-corrected chi connectivity index (χ2v) is 8.45. The number of hydrogen-bond donors (Lipinski definition) is 0. The summed E-state index contributed by atoms with van der Waals surface area (Å²) in [5.74, 6) is -1.14. The molecule has 0 atom stereocenters. The number of nitriles is 4. The van der Waals surface area contributed by atoms with Gasteiger partial charge in [0.1, 0.15) is 5.41 Å². The molecule has 0 saturated carbocycles. The Bertz CT molecular complexity index is 1130. The fourth-order valence-electron chi connectivity index (χ4n) is 5.06. The van der Waals surface area contributed by atoms with Gasteiger partial charge >= 0.3 is 6.03 Å². The van der Waals surface area contributed by atoms with Gasteiger partial charge in [-0.1, -0.05) is 12.1 Å². The first kappa shape index (κ1) is 20.1. The van der Waals surface area contributed by atoms with E-state index in [1.807, 2.05) is 24.3 Å². The molecule has 1 aliphatic heterocycles. The van der Waals surface area contributed by atoms with E-state index in [4.69, 9.17) is 0 Å². The summed E-state index contributed by atoms with van der Waals surface area (Å²) in [6.45, 7) is 0. The molecule has 1 aromatic rings. The summed E-state index contributed by atoms with van der Waals surface area (Å²) < 4.78 is 0. The average Bonchev–Trinajstić information content (AvgIpc) is 3.17. The van der Waals surface area contributed by atoms with E-state index in [0.29, 0.717) is 11.1 Å². The van der Waals surface area contributed by atoms with Crippen LogP contribution in [0.5, 0.6) is 0 Å². The van der Waals surface area contributed by atoms with Crippen LogP contribution >= 0.6 is 0 Å². The summed E-state index contributed by atoms with van der Waals surface area (Å²) in [6.07, 6.45) is -0.000183. The van der Waals surface area contributed by atoms with Crippen LogP contribution in [0.4, 0.5) is 4.79 Å². The summed E-state index contributed by atoms with van der Waals surface area (Å²) >= 11 is 0. The van der Waals surface area contributed by atoms with E-state index in [1.165, 1.54) is 14.1 Å². The lowest BCUT2D eigenvalue weighted by molar-refractivity contribution is -0.156. The van der Waals surface area contributed by atoms with Gasteiger partial charge in [0.15, 0.2) is 10.8 Å². The Morgan fingerprint density at radius 1 is 0.677 bits per heavy atom. The van der Waals surface area contributed by atoms with Crippen molar-refractivity contribution in [3.05, 3.63) is 34.4 Å². The quantitative estimate of drug-likeness (QED) is 0.576. The zero-order valence-electron chi connectivity index (χ0n) is 16.9. The molecule has 4 rings (SSSR count). The third-order valence-corrected chi connectivity index (χ3v) is 6.91. The number of rotatable bonds is 0. The molecule has 3 aliphatic rings. The molecule has 1 fully saturated rings. The van der Waals surface area contributed by atoms with Crippen molar-refractivity contribution in [1.82, 2.24) is 9.80 Å². The molecule has 1 saturated heterocycles. The highest BCUT2D eigenvalue weighted by Crippen LogP contribution is 2.50. The van der Waals surface area contributed by atoms with Crippen molar-refractivity contribution in [2.45, 2.75) is 25.7 Å². The predicted octanol–water partition coefficient (Wildman–Crippen LogP) is 0.988. The van der Waals surface area contributed by atoms with Crippen molar-refractivity contribution >= 4 is 17.8 Å². The van der Waals surface area contributed by atoms with Crippen LogP contribution in [0.1, 0.15) is 22.3 Å². The monoisotopic (exact) mass is 412 g/mol. The highest BCUT2D eigenvalue weighted by Gasteiger charge is 2.60. The molecule has 9 heteroatoms. The largest absolute Gasteiger partial charge is 0.332 e. The lowest BCUT2D eigenvalue weighted by Crippen LogP contribution is -2.63. The minimum atomic E-state index is -1.82. The van der Waals surface area contributed by atoms with Gasteiger partial charge in [0.25, 0.3) is 0 Å². The number of urea groups is 1. The van der Waals surface area contributed by atoms with Gasteiger partial charge in [-0.05, 0) is 35.1 Å². The second kappa shape index (κ2) is 6.14. The fraction of sp³-hybridized carbons (Fsp3) is 0.409. The van der Waals surface area contributed by atoms with Gasteiger partial charge in [-0.25, -0.2) is 4.79 Å². The van der Waals surface area contributed by atoms with Crippen LogP contribution in [0.3, 0.4) is 0 Å². The minimum Gasteiger partial charge on any atom is -0.273 e. The molecule has 0 unspecified atom stereocenters. The van der Waals surface area contributed by atoms with Crippen LogP contribution in [0, 0.1) is 61.6 Å². The maximum atomic E-state index is 13.0. The summed E-state index contributed by atoms with van der Waals surface area (Å²) in [5.41, 5.74) is -2.32. The van der Waals surface area contributed by atoms with Crippen molar-refractivity contribution in [2.24, 2.45) is 16.2 Å². The molecule has 152 valence electrons. The van der Waals surface area contributed by atoms with Gasteiger partial charge < -0.3 is 0 Å². The predicted molar refractivity (Wildman–Crippen MR) is 102 cm³/mol. The van der Waals surface area contributed by atoms with E-state index in [-0.39, 0.29) is 25.7 Å². The maximum Gasteiger partial charge on any atom is 0.332 e. The van der Waals surface area contributed by atoms with E-state index >= 15 is 0 Å². The molecule has 0 radical (unpaired) electrons. The van der Waals surface area contributed by atoms with Crippen molar-refractivity contribution in [1.29, 1.82) is 21.0 Å². The Balaban J connectivity index is 1.82. The molecule has 1 heterocycles. The van der Waals surface area contributed by atoms with E-state index in [2.05, 4.69) is 0 Å². The van der Waals surface area contributed by atoms with Gasteiger partial charge in [0, 0.05) is 26.9 Å². The summed E-state index contributed by atoms with van der Waals surface area (Å²) in [6, 6.07) is 10.4. The van der Waals surface area contributed by atoms with Gasteiger partial charge in [-0.15, -0.1) is 0 Å². The topological polar surface area (TPSA) is 153 Å². The van der Waals surface area contributed by atoms with Crippen LogP contribution in [0.25, 0.3) is 0 Å². The molecular weight excluding hydrogens is 396 g/mol. The Morgan fingerprint density at radius 2 is 1.00 bits per heavy atom. The van der Waals surface area contributed by atoms with Crippen LogP contribution in [0.15, 0.2) is 12.1 Å². The van der Waals surface area contributed by atoms with Crippen LogP contribution in [-0.4, -0.2) is 41.7 Å². The molecule has 31 heavy (non-hydrogen) atoms. The first-order valence-corrected chi connectivity index (χ1v) is 9.53. The Hall–Kier alpha value is -4.21. The molecular formula is C22H16N6O3. The summed E-state index contributed by atoms with van der Waals surface area (Å²) in [5, 5.41) is 38.8. The molecule has 0 aromatic heterocycles. The number of benzene rings is 1. The lowest BCUT2D eigenvalue weighted by Gasteiger charge is -2.39. The highest BCUT2D eigenvalue weighted by molar-refractivity contribution is 6.19.